The van der Waals surface area contributed by atoms with Crippen molar-refractivity contribution in [1.82, 2.24) is 4.90 Å². The molecular formula is C18H25NO6S2. The molecule has 0 spiro atoms. The Morgan fingerprint density at radius 3 is 2.59 bits per heavy atom. The predicted octanol–water partition coefficient (Wildman–Crippen LogP) is 2.08. The Hall–Kier alpha value is -1.45. The highest BCUT2D eigenvalue weighted by molar-refractivity contribution is 8.23. The van der Waals surface area contributed by atoms with Gasteiger partial charge in [-0.2, -0.15) is 0 Å². The number of hydrogen-bond acceptors (Lipinski definition) is 8. The molecule has 9 heteroatoms. The van der Waals surface area contributed by atoms with Gasteiger partial charge in [-0.05, 0) is 12.0 Å². The van der Waals surface area contributed by atoms with Crippen molar-refractivity contribution in [3.05, 3.63) is 12.2 Å². The van der Waals surface area contributed by atoms with Gasteiger partial charge in [0.2, 0.25) is 5.91 Å². The zero-order chi connectivity index (χ0) is 20.1. The molecule has 0 bridgehead atoms. The predicted molar refractivity (Wildman–Crippen MR) is 105 cm³/mol. The van der Waals surface area contributed by atoms with Crippen LogP contribution < -0.4 is 0 Å². The van der Waals surface area contributed by atoms with Crippen molar-refractivity contribution in [2.45, 2.75) is 58.5 Å². The van der Waals surface area contributed by atoms with Crippen LogP contribution in [0.5, 0.6) is 0 Å². The SMILES string of the molecule is CC(=O)OC[C@H]1O[C@@H](CC(=O)N2C(=S)SC[C@H]2C(C)C)C=C[C@H]1OC(C)=O. The number of carbonyl (C=O) groups is 3. The number of ether oxygens (including phenoxy) is 3. The van der Waals surface area contributed by atoms with Gasteiger partial charge in [0.1, 0.15) is 23.1 Å². The minimum atomic E-state index is -0.667. The maximum atomic E-state index is 12.8. The van der Waals surface area contributed by atoms with E-state index in [4.69, 9.17) is 26.4 Å². The maximum absolute atomic E-state index is 12.8. The lowest BCUT2D eigenvalue weighted by Gasteiger charge is -2.33. The van der Waals surface area contributed by atoms with Crippen molar-refractivity contribution < 1.29 is 28.6 Å². The summed E-state index contributed by atoms with van der Waals surface area (Å²) in [5.41, 5.74) is 0. The number of nitrogens with zero attached hydrogens (tertiary/aromatic N) is 1. The van der Waals surface area contributed by atoms with Crippen LogP contribution in [-0.2, 0) is 28.6 Å². The Balaban J connectivity index is 2.05. The number of esters is 2. The molecule has 2 rings (SSSR count). The topological polar surface area (TPSA) is 82.1 Å². The van der Waals surface area contributed by atoms with Crippen molar-refractivity contribution in [2.24, 2.45) is 5.92 Å². The second-order valence-corrected chi connectivity index (χ2v) is 8.48. The fourth-order valence-electron chi connectivity index (χ4n) is 2.95. The number of hydrogen-bond donors (Lipinski definition) is 0. The van der Waals surface area contributed by atoms with E-state index in [2.05, 4.69) is 13.8 Å². The Kier molecular flexibility index (Phi) is 7.81. The van der Waals surface area contributed by atoms with E-state index in [1.54, 1.807) is 17.1 Å². The largest absolute Gasteiger partial charge is 0.463 e. The summed E-state index contributed by atoms with van der Waals surface area (Å²) in [6.07, 6.45) is 1.65. The third-order valence-electron chi connectivity index (χ3n) is 4.30. The van der Waals surface area contributed by atoms with Crippen LogP contribution in [-0.4, -0.2) is 63.8 Å². The number of rotatable bonds is 6. The number of amides is 1. The van der Waals surface area contributed by atoms with Gasteiger partial charge in [-0.25, -0.2) is 0 Å². The molecule has 1 fully saturated rings. The first-order valence-corrected chi connectivity index (χ1v) is 10.2. The highest BCUT2D eigenvalue weighted by atomic mass is 32.2. The average Bonchev–Trinajstić information content (AvgIpc) is 2.96. The molecule has 2 heterocycles. The first-order chi connectivity index (χ1) is 12.7. The van der Waals surface area contributed by atoms with Gasteiger partial charge in [0.25, 0.3) is 0 Å². The Morgan fingerprint density at radius 1 is 1.30 bits per heavy atom. The van der Waals surface area contributed by atoms with E-state index in [1.807, 2.05) is 0 Å². The number of carbonyl (C=O) groups excluding carboxylic acids is 3. The summed E-state index contributed by atoms with van der Waals surface area (Å²) >= 11 is 6.85. The van der Waals surface area contributed by atoms with Crippen molar-refractivity contribution in [3.63, 3.8) is 0 Å². The van der Waals surface area contributed by atoms with Crippen LogP contribution >= 0.6 is 24.0 Å². The van der Waals surface area contributed by atoms with Gasteiger partial charge in [-0.1, -0.05) is 43.9 Å². The molecule has 0 N–H and O–H groups in total. The summed E-state index contributed by atoms with van der Waals surface area (Å²) < 4.78 is 16.7. The molecule has 0 aliphatic carbocycles. The lowest BCUT2D eigenvalue weighted by molar-refractivity contribution is -0.165. The van der Waals surface area contributed by atoms with Crippen molar-refractivity contribution >= 4 is 46.1 Å². The highest BCUT2D eigenvalue weighted by Gasteiger charge is 2.38. The molecule has 7 nitrogen and oxygen atoms in total. The zero-order valence-corrected chi connectivity index (χ0v) is 17.5. The molecule has 0 aromatic heterocycles. The summed E-state index contributed by atoms with van der Waals surface area (Å²) in [5, 5.41) is 0. The molecule has 0 aromatic carbocycles. The molecule has 0 saturated carbocycles. The summed E-state index contributed by atoms with van der Waals surface area (Å²) in [5.74, 6) is 0.0782. The fraction of sp³-hybridized carbons (Fsp3) is 0.667. The van der Waals surface area contributed by atoms with E-state index in [0.29, 0.717) is 10.2 Å². The maximum Gasteiger partial charge on any atom is 0.303 e. The van der Waals surface area contributed by atoms with Crippen LogP contribution in [0.2, 0.25) is 0 Å². The highest BCUT2D eigenvalue weighted by Crippen LogP contribution is 2.30. The zero-order valence-electron chi connectivity index (χ0n) is 15.9. The van der Waals surface area contributed by atoms with Gasteiger partial charge in [-0.15, -0.1) is 0 Å². The van der Waals surface area contributed by atoms with Crippen LogP contribution in [0, 0.1) is 5.92 Å². The molecule has 2 aliphatic rings. The smallest absolute Gasteiger partial charge is 0.303 e. The third-order valence-corrected chi connectivity index (χ3v) is 5.81. The van der Waals surface area contributed by atoms with Crippen molar-refractivity contribution in [1.29, 1.82) is 0 Å². The second-order valence-electron chi connectivity index (χ2n) is 6.83. The number of thiocarbonyl (C=S) groups is 1. The third kappa shape index (κ3) is 6.02. The Bertz CT molecular complexity index is 635. The lowest BCUT2D eigenvalue weighted by atomic mass is 10.0. The molecule has 0 unspecified atom stereocenters. The van der Waals surface area contributed by atoms with E-state index in [0.717, 1.165) is 5.75 Å². The van der Waals surface area contributed by atoms with Gasteiger partial charge < -0.3 is 14.2 Å². The summed E-state index contributed by atoms with van der Waals surface area (Å²) in [6.45, 7) is 6.66. The molecule has 4 atom stereocenters. The second kappa shape index (κ2) is 9.66. The molecule has 1 amide bonds. The van der Waals surface area contributed by atoms with Crippen LogP contribution in [0.4, 0.5) is 0 Å². The van der Waals surface area contributed by atoms with Crippen LogP contribution in [0.15, 0.2) is 12.2 Å². The number of thioether (sulfide) groups is 1. The van der Waals surface area contributed by atoms with E-state index >= 15 is 0 Å². The van der Waals surface area contributed by atoms with E-state index in [-0.39, 0.29) is 25.0 Å². The van der Waals surface area contributed by atoms with Gasteiger partial charge in [0.05, 0.1) is 12.5 Å². The lowest BCUT2D eigenvalue weighted by Crippen LogP contribution is -2.45. The minimum absolute atomic E-state index is 0.0606. The average molecular weight is 416 g/mol. The first kappa shape index (κ1) is 21.8. The summed E-state index contributed by atoms with van der Waals surface area (Å²) in [4.78, 5) is 36.9. The quantitative estimate of drug-likeness (QED) is 0.371. The van der Waals surface area contributed by atoms with E-state index in [9.17, 15) is 14.4 Å². The normalized spacial score (nSPS) is 27.7. The van der Waals surface area contributed by atoms with Crippen LogP contribution in [0.1, 0.15) is 34.1 Å². The first-order valence-electron chi connectivity index (χ1n) is 8.82. The van der Waals surface area contributed by atoms with Gasteiger partial charge >= 0.3 is 11.9 Å². The molecule has 0 aromatic rings. The molecular weight excluding hydrogens is 390 g/mol. The molecule has 2 aliphatic heterocycles. The van der Waals surface area contributed by atoms with Gasteiger partial charge in [0, 0.05) is 25.6 Å². The Labute approximate surface area is 168 Å². The molecule has 150 valence electrons. The van der Waals surface area contributed by atoms with E-state index < -0.39 is 30.3 Å². The minimum Gasteiger partial charge on any atom is -0.463 e. The fourth-order valence-corrected chi connectivity index (χ4v) is 4.61. The van der Waals surface area contributed by atoms with Crippen molar-refractivity contribution in [2.75, 3.05) is 12.4 Å². The van der Waals surface area contributed by atoms with Gasteiger partial charge in [-0.3, -0.25) is 19.3 Å². The van der Waals surface area contributed by atoms with E-state index in [1.165, 1.54) is 25.6 Å². The standard InChI is InChI=1S/C18H25NO6S2/c1-10(2)14-9-27-18(26)19(14)17(22)7-13-5-6-15(24-12(4)21)16(25-13)8-23-11(3)20/h5-6,10,13-16H,7-9H2,1-4H3/t13-,14+,15-,16-/m1/s1. The van der Waals surface area contributed by atoms with Crippen LogP contribution in [0.3, 0.4) is 0 Å². The summed E-state index contributed by atoms with van der Waals surface area (Å²) in [7, 11) is 0. The van der Waals surface area contributed by atoms with Gasteiger partial charge in [0.15, 0.2) is 0 Å². The molecule has 1 saturated heterocycles. The van der Waals surface area contributed by atoms with Crippen LogP contribution in [0.25, 0.3) is 0 Å². The monoisotopic (exact) mass is 415 g/mol. The van der Waals surface area contributed by atoms with Crippen molar-refractivity contribution in [3.8, 4) is 0 Å². The molecule has 0 radical (unpaired) electrons. The molecule has 27 heavy (non-hydrogen) atoms. The Morgan fingerprint density at radius 2 is 2.00 bits per heavy atom. The summed E-state index contributed by atoms with van der Waals surface area (Å²) in [6, 6.07) is 0.0770.